The Hall–Kier alpha value is -1.99. The van der Waals surface area contributed by atoms with E-state index in [0.717, 1.165) is 4.68 Å². The third kappa shape index (κ3) is 2.18. The number of nitrogens with zero attached hydrogens (tertiary/aromatic N) is 4. The molecular weight excluding hydrogens is 248 g/mol. The molecule has 19 heavy (non-hydrogen) atoms. The fourth-order valence-corrected chi connectivity index (χ4v) is 2.30. The molecule has 1 N–H and O–H groups in total. The zero-order valence-corrected chi connectivity index (χ0v) is 10.3. The first-order valence-electron chi connectivity index (χ1n) is 6.15. The minimum atomic E-state index is -0.458. The molecule has 1 atom stereocenters. The van der Waals surface area contributed by atoms with Gasteiger partial charge in [0.1, 0.15) is 0 Å². The van der Waals surface area contributed by atoms with E-state index < -0.39 is 5.69 Å². The number of aliphatic hydroxyl groups is 1. The van der Waals surface area contributed by atoms with Gasteiger partial charge in [0.25, 0.3) is 5.91 Å². The van der Waals surface area contributed by atoms with Crippen LogP contribution in [0.3, 0.4) is 0 Å². The Morgan fingerprint density at radius 2 is 2.32 bits per heavy atom. The zero-order valence-electron chi connectivity index (χ0n) is 10.3. The van der Waals surface area contributed by atoms with Crippen molar-refractivity contribution in [2.24, 2.45) is 0 Å². The van der Waals surface area contributed by atoms with Gasteiger partial charge in [0, 0.05) is 19.3 Å². The van der Waals surface area contributed by atoms with Crippen molar-refractivity contribution in [3.05, 3.63) is 34.9 Å². The summed E-state index contributed by atoms with van der Waals surface area (Å²) in [6.45, 7) is 1.23. The number of fused-ring (bicyclic) bond motifs is 1. The second kappa shape index (κ2) is 4.60. The van der Waals surface area contributed by atoms with Crippen LogP contribution in [-0.2, 0) is 0 Å². The first-order chi connectivity index (χ1) is 9.15. The van der Waals surface area contributed by atoms with E-state index in [4.69, 9.17) is 0 Å². The molecule has 1 unspecified atom stereocenters. The molecule has 1 fully saturated rings. The van der Waals surface area contributed by atoms with Crippen LogP contribution in [0.1, 0.15) is 11.2 Å². The number of hydrogen-bond acceptors (Lipinski definition) is 5. The van der Waals surface area contributed by atoms with Gasteiger partial charge in [-0.15, -0.1) is 9.78 Å². The highest BCUT2D eigenvalue weighted by Crippen LogP contribution is 2.08. The van der Waals surface area contributed by atoms with Crippen LogP contribution in [0.4, 0.5) is 0 Å². The maximum absolute atomic E-state index is 12.1. The number of aliphatic hydroxyl groups excluding tert-OH is 1. The number of hydrogen-bond donors (Lipinski definition) is 1. The van der Waals surface area contributed by atoms with Gasteiger partial charge in [0.15, 0.2) is 5.65 Å². The number of pyridine rings is 1. The fourth-order valence-electron chi connectivity index (χ4n) is 2.30. The predicted octanol–water partition coefficient (Wildman–Crippen LogP) is -0.797. The van der Waals surface area contributed by atoms with Crippen LogP contribution in [-0.4, -0.2) is 55.8 Å². The van der Waals surface area contributed by atoms with E-state index in [-0.39, 0.29) is 18.6 Å². The van der Waals surface area contributed by atoms with E-state index in [2.05, 4.69) is 5.10 Å². The van der Waals surface area contributed by atoms with E-state index in [0.29, 0.717) is 25.2 Å². The second-order valence-corrected chi connectivity index (χ2v) is 4.69. The maximum Gasteiger partial charge on any atom is 0.357 e. The lowest BCUT2D eigenvalue weighted by molar-refractivity contribution is 0.0832. The minimum Gasteiger partial charge on any atom is -0.392 e. The number of aromatic nitrogens is 3. The largest absolute Gasteiger partial charge is 0.392 e. The molecule has 0 amide bonds. The summed E-state index contributed by atoms with van der Waals surface area (Å²) in [6, 6.07) is 5.14. The molecule has 100 valence electrons. The van der Waals surface area contributed by atoms with Gasteiger partial charge in [-0.05, 0) is 18.6 Å². The van der Waals surface area contributed by atoms with Crippen molar-refractivity contribution in [3.8, 4) is 0 Å². The van der Waals surface area contributed by atoms with E-state index >= 15 is 0 Å². The Morgan fingerprint density at radius 1 is 1.47 bits per heavy atom. The van der Waals surface area contributed by atoms with Crippen molar-refractivity contribution in [3.63, 3.8) is 0 Å². The number of likely N-dealkylation sites (tertiary alicyclic amines) is 1. The molecule has 2 aromatic rings. The summed E-state index contributed by atoms with van der Waals surface area (Å²) in [5.74, 6) is -0.372. The van der Waals surface area contributed by atoms with Crippen molar-refractivity contribution in [1.82, 2.24) is 19.1 Å². The molecule has 0 aliphatic carbocycles. The lowest BCUT2D eigenvalue weighted by atomic mass is 10.3. The van der Waals surface area contributed by atoms with Crippen molar-refractivity contribution >= 4 is 11.6 Å². The van der Waals surface area contributed by atoms with Crippen LogP contribution in [0.2, 0.25) is 0 Å². The molecule has 1 saturated heterocycles. The first kappa shape index (κ1) is 12.1. The average molecular weight is 262 g/mol. The molecule has 3 rings (SSSR count). The van der Waals surface area contributed by atoms with Gasteiger partial charge in [0.05, 0.1) is 12.6 Å². The van der Waals surface area contributed by atoms with Gasteiger partial charge in [-0.2, -0.15) is 0 Å². The SMILES string of the molecule is O=C(CN1CCC(O)C1)n1nc2ccccn2c1=O. The van der Waals surface area contributed by atoms with Crippen molar-refractivity contribution in [1.29, 1.82) is 0 Å². The highest BCUT2D eigenvalue weighted by Gasteiger charge is 2.24. The summed E-state index contributed by atoms with van der Waals surface area (Å²) in [5, 5.41) is 13.4. The molecule has 2 aromatic heterocycles. The van der Waals surface area contributed by atoms with Crippen LogP contribution in [0.5, 0.6) is 0 Å². The zero-order chi connectivity index (χ0) is 13.4. The van der Waals surface area contributed by atoms with E-state index in [1.54, 1.807) is 24.4 Å². The average Bonchev–Trinajstić information content (AvgIpc) is 2.94. The Balaban J connectivity index is 1.86. The molecule has 0 aromatic carbocycles. The molecule has 3 heterocycles. The summed E-state index contributed by atoms with van der Waals surface area (Å²) in [6.07, 6.45) is 1.85. The van der Waals surface area contributed by atoms with Gasteiger partial charge in [0.2, 0.25) is 0 Å². The molecule has 0 spiro atoms. The van der Waals surface area contributed by atoms with Crippen LogP contribution < -0.4 is 5.69 Å². The van der Waals surface area contributed by atoms with Crippen molar-refractivity contribution < 1.29 is 9.90 Å². The van der Waals surface area contributed by atoms with Crippen LogP contribution in [0, 0.1) is 0 Å². The number of β-amino-alcohol motifs (C(OH)–C–C–N with tert-alkyl or cyclic N) is 1. The third-order valence-electron chi connectivity index (χ3n) is 3.27. The summed E-state index contributed by atoms with van der Waals surface area (Å²) in [5.41, 5.74) is -0.0114. The maximum atomic E-state index is 12.1. The molecule has 7 nitrogen and oxygen atoms in total. The second-order valence-electron chi connectivity index (χ2n) is 4.69. The van der Waals surface area contributed by atoms with E-state index in [1.165, 1.54) is 4.40 Å². The summed E-state index contributed by atoms with van der Waals surface area (Å²) in [4.78, 5) is 25.9. The van der Waals surface area contributed by atoms with Gasteiger partial charge in [-0.25, -0.2) is 9.20 Å². The van der Waals surface area contributed by atoms with Gasteiger partial charge in [-0.1, -0.05) is 6.07 Å². The summed E-state index contributed by atoms with van der Waals surface area (Å²) >= 11 is 0. The number of carbonyl (C=O) groups excluding carboxylic acids is 1. The normalized spacial score (nSPS) is 20.2. The smallest absolute Gasteiger partial charge is 0.357 e. The topological polar surface area (TPSA) is 79.8 Å². The fraction of sp³-hybridized carbons (Fsp3) is 0.417. The third-order valence-corrected chi connectivity index (χ3v) is 3.27. The van der Waals surface area contributed by atoms with Gasteiger partial charge >= 0.3 is 5.69 Å². The predicted molar refractivity (Wildman–Crippen MR) is 67.1 cm³/mol. The van der Waals surface area contributed by atoms with Crippen LogP contribution in [0.25, 0.3) is 5.65 Å². The number of carbonyl (C=O) groups is 1. The van der Waals surface area contributed by atoms with E-state index in [9.17, 15) is 14.7 Å². The molecule has 1 aliphatic heterocycles. The van der Waals surface area contributed by atoms with Crippen molar-refractivity contribution in [2.75, 3.05) is 19.6 Å². The standard InChI is InChI=1S/C12H14N4O3/c17-9-4-6-14(7-9)8-11(18)16-12(19)15-5-2-1-3-10(15)13-16/h1-3,5,9,17H,4,6-8H2. The summed E-state index contributed by atoms with van der Waals surface area (Å²) < 4.78 is 2.22. The molecule has 0 bridgehead atoms. The molecule has 7 heteroatoms. The quantitative estimate of drug-likeness (QED) is 0.766. The lowest BCUT2D eigenvalue weighted by Crippen LogP contribution is -2.36. The van der Waals surface area contributed by atoms with Crippen LogP contribution in [0.15, 0.2) is 29.2 Å². The van der Waals surface area contributed by atoms with Crippen LogP contribution >= 0.6 is 0 Å². The number of rotatable bonds is 2. The minimum absolute atomic E-state index is 0.0981. The first-order valence-corrected chi connectivity index (χ1v) is 6.15. The Labute approximate surface area is 108 Å². The Morgan fingerprint density at radius 3 is 3.00 bits per heavy atom. The van der Waals surface area contributed by atoms with Crippen molar-refractivity contribution in [2.45, 2.75) is 12.5 Å². The lowest BCUT2D eigenvalue weighted by Gasteiger charge is -2.12. The van der Waals surface area contributed by atoms with E-state index in [1.807, 2.05) is 4.90 Å². The summed E-state index contributed by atoms with van der Waals surface area (Å²) in [7, 11) is 0. The molecule has 1 aliphatic rings. The monoisotopic (exact) mass is 262 g/mol. The Bertz CT molecular complexity index is 675. The van der Waals surface area contributed by atoms with Gasteiger partial charge < -0.3 is 5.11 Å². The van der Waals surface area contributed by atoms with Gasteiger partial charge in [-0.3, -0.25) is 9.69 Å². The Kier molecular flexibility index (Phi) is 2.92. The highest BCUT2D eigenvalue weighted by molar-refractivity contribution is 5.80. The molecular formula is C12H14N4O3. The highest BCUT2D eigenvalue weighted by atomic mass is 16.3. The molecule has 0 radical (unpaired) electrons. The molecule has 0 saturated carbocycles.